The Morgan fingerprint density at radius 1 is 0.622 bits per heavy atom. The summed E-state index contributed by atoms with van der Waals surface area (Å²) in [5, 5.41) is 24.1. The van der Waals surface area contributed by atoms with Gasteiger partial charge < -0.3 is 20.8 Å². The fraction of sp³-hybridized carbons (Fsp3) is 0.370. The van der Waals surface area contributed by atoms with Crippen molar-refractivity contribution >= 4 is 41.2 Å². The van der Waals surface area contributed by atoms with Crippen LogP contribution in [0, 0.1) is 0 Å². The monoisotopic (exact) mass is 506 g/mol. The van der Waals surface area contributed by atoms with Gasteiger partial charge in [0.25, 0.3) is 0 Å². The van der Waals surface area contributed by atoms with Crippen LogP contribution in [-0.2, 0) is 9.59 Å². The molecule has 10 heteroatoms. The highest BCUT2D eigenvalue weighted by Gasteiger charge is 2.17. The van der Waals surface area contributed by atoms with Crippen LogP contribution in [-0.4, -0.2) is 50.2 Å². The second kappa shape index (κ2) is 15.0. The van der Waals surface area contributed by atoms with Gasteiger partial charge in [-0.3, -0.25) is 14.5 Å². The number of aliphatic carboxylic acids is 2. The average molecular weight is 507 g/mol. The lowest BCUT2D eigenvalue weighted by molar-refractivity contribution is -0.138. The Hall–Kier alpha value is -4.21. The summed E-state index contributed by atoms with van der Waals surface area (Å²) in [6.07, 6.45) is 4.76. The zero-order valence-corrected chi connectivity index (χ0v) is 20.8. The van der Waals surface area contributed by atoms with Crippen LogP contribution in [0.15, 0.2) is 60.7 Å². The Kier molecular flexibility index (Phi) is 11.1. The van der Waals surface area contributed by atoms with Gasteiger partial charge in [-0.1, -0.05) is 49.2 Å². The van der Waals surface area contributed by atoms with Crippen LogP contribution in [0.25, 0.3) is 0 Å². The third-order valence-corrected chi connectivity index (χ3v) is 5.55. The summed E-state index contributed by atoms with van der Waals surface area (Å²) in [4.78, 5) is 37.3. The molecule has 0 atom stereocenters. The minimum atomic E-state index is -0.782. The molecule has 3 aromatic rings. The van der Waals surface area contributed by atoms with Crippen molar-refractivity contribution in [1.82, 2.24) is 15.0 Å². The van der Waals surface area contributed by atoms with E-state index in [1.165, 1.54) is 0 Å². The molecule has 0 unspecified atom stereocenters. The van der Waals surface area contributed by atoms with Crippen molar-refractivity contribution < 1.29 is 19.8 Å². The molecule has 0 bridgehead atoms. The van der Waals surface area contributed by atoms with Gasteiger partial charge in [0, 0.05) is 37.3 Å². The Morgan fingerprint density at radius 3 is 1.46 bits per heavy atom. The lowest BCUT2D eigenvalue weighted by Crippen LogP contribution is -2.18. The standard InChI is InChI=1S/C27H34N6O4/c34-23(35)17-9-3-11-19-28-25-30-26(29-20-12-4-10-18-24(36)37)32-27(31-25)33(21-13-5-1-6-14-21)22-15-7-2-8-16-22/h1-2,5-8,13-16H,3-4,9-12,17-20H2,(H,34,35)(H,36,37)(H2,28,29,30,31,32). The summed E-state index contributed by atoms with van der Waals surface area (Å²) in [5.41, 5.74) is 1.80. The number of hydrogen-bond acceptors (Lipinski definition) is 8. The van der Waals surface area contributed by atoms with Gasteiger partial charge in [0.05, 0.1) is 0 Å². The third-order valence-electron chi connectivity index (χ3n) is 5.55. The smallest absolute Gasteiger partial charge is 0.303 e. The van der Waals surface area contributed by atoms with Gasteiger partial charge in [-0.15, -0.1) is 0 Å². The number of para-hydroxylation sites is 2. The van der Waals surface area contributed by atoms with E-state index in [4.69, 9.17) is 20.2 Å². The second-order valence-electron chi connectivity index (χ2n) is 8.55. The van der Waals surface area contributed by atoms with Crippen LogP contribution in [0.5, 0.6) is 0 Å². The molecule has 0 aliphatic carbocycles. The lowest BCUT2D eigenvalue weighted by atomic mass is 10.2. The molecule has 4 N–H and O–H groups in total. The Morgan fingerprint density at radius 2 is 1.05 bits per heavy atom. The zero-order chi connectivity index (χ0) is 26.3. The van der Waals surface area contributed by atoms with E-state index in [9.17, 15) is 9.59 Å². The maximum Gasteiger partial charge on any atom is 0.303 e. The molecule has 2 aromatic carbocycles. The van der Waals surface area contributed by atoms with Gasteiger partial charge in [0.15, 0.2) is 0 Å². The molecule has 3 rings (SSSR count). The summed E-state index contributed by atoms with van der Waals surface area (Å²) in [6, 6.07) is 19.7. The van der Waals surface area contributed by atoms with E-state index in [1.807, 2.05) is 65.6 Å². The first-order chi connectivity index (χ1) is 18.0. The first-order valence-electron chi connectivity index (χ1n) is 12.6. The highest BCUT2D eigenvalue weighted by molar-refractivity contribution is 5.73. The van der Waals surface area contributed by atoms with Crippen molar-refractivity contribution in [1.29, 1.82) is 0 Å². The molecule has 0 radical (unpaired) electrons. The number of nitrogens with one attached hydrogen (secondary N) is 2. The predicted octanol–water partition coefficient (Wildman–Crippen LogP) is 5.46. The van der Waals surface area contributed by atoms with Crippen LogP contribution in [0.3, 0.4) is 0 Å². The van der Waals surface area contributed by atoms with Gasteiger partial charge in [-0.05, 0) is 49.9 Å². The molecular weight excluding hydrogens is 472 g/mol. The van der Waals surface area contributed by atoms with Gasteiger partial charge >= 0.3 is 11.9 Å². The number of anilines is 5. The molecule has 0 saturated heterocycles. The maximum atomic E-state index is 10.7. The molecule has 0 amide bonds. The molecule has 0 fully saturated rings. The first kappa shape index (κ1) is 27.4. The van der Waals surface area contributed by atoms with Crippen LogP contribution in [0.4, 0.5) is 29.2 Å². The summed E-state index contributed by atoms with van der Waals surface area (Å²) in [6.45, 7) is 1.21. The minimum Gasteiger partial charge on any atom is -0.481 e. The molecule has 0 aliphatic rings. The van der Waals surface area contributed by atoms with Crippen LogP contribution >= 0.6 is 0 Å². The molecular formula is C27H34N6O4. The van der Waals surface area contributed by atoms with Gasteiger partial charge in [0.1, 0.15) is 0 Å². The van der Waals surface area contributed by atoms with Crippen molar-refractivity contribution in [2.24, 2.45) is 0 Å². The highest BCUT2D eigenvalue weighted by atomic mass is 16.4. The molecule has 196 valence electrons. The van der Waals surface area contributed by atoms with E-state index in [0.29, 0.717) is 43.8 Å². The number of aromatic nitrogens is 3. The maximum absolute atomic E-state index is 10.7. The Balaban J connectivity index is 1.78. The number of unbranched alkanes of at least 4 members (excludes halogenated alkanes) is 4. The largest absolute Gasteiger partial charge is 0.481 e. The van der Waals surface area contributed by atoms with E-state index >= 15 is 0 Å². The number of nitrogens with zero attached hydrogens (tertiary/aromatic N) is 4. The number of carboxylic acid groups (broad SMARTS) is 2. The normalized spacial score (nSPS) is 10.6. The van der Waals surface area contributed by atoms with E-state index in [2.05, 4.69) is 15.6 Å². The number of rotatable bonds is 17. The number of benzene rings is 2. The zero-order valence-electron chi connectivity index (χ0n) is 20.8. The van der Waals surface area contributed by atoms with Crippen molar-refractivity contribution in [3.8, 4) is 0 Å². The fourth-order valence-corrected chi connectivity index (χ4v) is 3.71. The first-order valence-corrected chi connectivity index (χ1v) is 12.6. The quantitative estimate of drug-likeness (QED) is 0.175. The summed E-state index contributed by atoms with van der Waals surface area (Å²) < 4.78 is 0. The van der Waals surface area contributed by atoms with E-state index in [-0.39, 0.29) is 12.8 Å². The van der Waals surface area contributed by atoms with E-state index < -0.39 is 11.9 Å². The SMILES string of the molecule is O=C(O)CCCCCNc1nc(NCCCCCC(=O)O)nc(N(c2ccccc2)c2ccccc2)n1. The molecule has 37 heavy (non-hydrogen) atoms. The van der Waals surface area contributed by atoms with Gasteiger partial charge in [0.2, 0.25) is 17.8 Å². The Bertz CT molecular complexity index is 1030. The number of carboxylic acids is 2. The number of carbonyl (C=O) groups is 2. The van der Waals surface area contributed by atoms with Crippen LogP contribution in [0.1, 0.15) is 51.4 Å². The predicted molar refractivity (Wildman–Crippen MR) is 144 cm³/mol. The van der Waals surface area contributed by atoms with E-state index in [0.717, 1.165) is 37.1 Å². The molecule has 0 spiro atoms. The molecule has 0 saturated carbocycles. The average Bonchev–Trinajstić information content (AvgIpc) is 2.89. The van der Waals surface area contributed by atoms with Crippen LogP contribution in [0.2, 0.25) is 0 Å². The molecule has 1 aromatic heterocycles. The molecule has 0 aliphatic heterocycles. The molecule has 1 heterocycles. The number of hydrogen-bond donors (Lipinski definition) is 4. The second-order valence-corrected chi connectivity index (χ2v) is 8.55. The van der Waals surface area contributed by atoms with Gasteiger partial charge in [-0.2, -0.15) is 15.0 Å². The van der Waals surface area contributed by atoms with Crippen LogP contribution < -0.4 is 15.5 Å². The third kappa shape index (κ3) is 9.75. The highest BCUT2D eigenvalue weighted by Crippen LogP contribution is 2.32. The minimum absolute atomic E-state index is 0.166. The van der Waals surface area contributed by atoms with Crippen molar-refractivity contribution in [3.63, 3.8) is 0 Å². The lowest BCUT2D eigenvalue weighted by Gasteiger charge is -2.23. The fourth-order valence-electron chi connectivity index (χ4n) is 3.71. The van der Waals surface area contributed by atoms with E-state index in [1.54, 1.807) is 0 Å². The van der Waals surface area contributed by atoms with Crippen molar-refractivity contribution in [3.05, 3.63) is 60.7 Å². The molecule has 10 nitrogen and oxygen atoms in total. The summed E-state index contributed by atoms with van der Waals surface area (Å²) >= 11 is 0. The van der Waals surface area contributed by atoms with Crippen molar-refractivity contribution in [2.75, 3.05) is 28.6 Å². The Labute approximate surface area is 216 Å². The summed E-state index contributed by atoms with van der Waals surface area (Å²) in [5.74, 6) is -0.262. The van der Waals surface area contributed by atoms with Gasteiger partial charge in [-0.25, -0.2) is 0 Å². The summed E-state index contributed by atoms with van der Waals surface area (Å²) in [7, 11) is 0. The topological polar surface area (TPSA) is 141 Å². The van der Waals surface area contributed by atoms with Crippen molar-refractivity contribution in [2.45, 2.75) is 51.4 Å².